The van der Waals surface area contributed by atoms with E-state index in [-0.39, 0.29) is 12.1 Å². The van der Waals surface area contributed by atoms with Crippen LogP contribution in [0.5, 0.6) is 0 Å². The fourth-order valence-electron chi connectivity index (χ4n) is 3.73. The topological polar surface area (TPSA) is 38.1 Å². The Balaban J connectivity index is 1.57. The maximum atomic E-state index is 13.0. The van der Waals surface area contributed by atoms with E-state index >= 15 is 0 Å². The molecule has 0 aliphatic carbocycles. The van der Waals surface area contributed by atoms with E-state index in [9.17, 15) is 18.0 Å². The SMILES string of the molecule is O=c1ccc(-c2ccc(N3CCCCC3)cc2)nn1Cc1cccc(C(F)(F)F)c1. The lowest BCUT2D eigenvalue weighted by atomic mass is 10.1. The molecule has 156 valence electrons. The molecule has 1 aliphatic heterocycles. The third-order valence-electron chi connectivity index (χ3n) is 5.34. The number of nitrogens with zero attached hydrogens (tertiary/aromatic N) is 3. The van der Waals surface area contributed by atoms with E-state index in [2.05, 4.69) is 10.00 Å². The Bertz CT molecular complexity index is 1070. The van der Waals surface area contributed by atoms with Crippen molar-refractivity contribution in [2.24, 2.45) is 0 Å². The van der Waals surface area contributed by atoms with Crippen molar-refractivity contribution in [2.75, 3.05) is 18.0 Å². The van der Waals surface area contributed by atoms with Crippen LogP contribution in [0.15, 0.2) is 65.5 Å². The smallest absolute Gasteiger partial charge is 0.372 e. The molecule has 0 bridgehead atoms. The Morgan fingerprint density at radius 3 is 2.33 bits per heavy atom. The third-order valence-corrected chi connectivity index (χ3v) is 5.34. The van der Waals surface area contributed by atoms with E-state index < -0.39 is 11.7 Å². The molecule has 0 spiro atoms. The number of piperidine rings is 1. The first-order chi connectivity index (χ1) is 14.4. The summed E-state index contributed by atoms with van der Waals surface area (Å²) in [6.07, 6.45) is -0.758. The first-order valence-corrected chi connectivity index (χ1v) is 10.00. The van der Waals surface area contributed by atoms with Gasteiger partial charge in [-0.05, 0) is 55.2 Å². The molecular formula is C23H22F3N3O. The summed E-state index contributed by atoms with van der Waals surface area (Å²) in [6.45, 7) is 2.08. The highest BCUT2D eigenvalue weighted by Gasteiger charge is 2.30. The molecule has 2 aromatic carbocycles. The first kappa shape index (κ1) is 20.2. The Morgan fingerprint density at radius 2 is 1.63 bits per heavy atom. The molecule has 0 amide bonds. The number of anilines is 1. The van der Waals surface area contributed by atoms with Gasteiger partial charge >= 0.3 is 6.18 Å². The second-order valence-corrected chi connectivity index (χ2v) is 7.51. The zero-order chi connectivity index (χ0) is 21.1. The van der Waals surface area contributed by atoms with Crippen molar-refractivity contribution in [1.29, 1.82) is 0 Å². The standard InChI is InChI=1S/C23H22F3N3O/c24-23(25,26)19-6-4-5-17(15-19)16-29-22(30)12-11-21(27-29)18-7-9-20(10-8-18)28-13-2-1-3-14-28/h4-12,15H,1-3,13-14,16H2. The van der Waals surface area contributed by atoms with Crippen LogP contribution in [-0.2, 0) is 12.7 Å². The second kappa shape index (κ2) is 8.34. The van der Waals surface area contributed by atoms with Gasteiger partial charge in [0.15, 0.2) is 0 Å². The van der Waals surface area contributed by atoms with Crippen LogP contribution in [0.1, 0.15) is 30.4 Å². The van der Waals surface area contributed by atoms with Crippen molar-refractivity contribution in [1.82, 2.24) is 9.78 Å². The minimum absolute atomic E-state index is 0.0253. The highest BCUT2D eigenvalue weighted by Crippen LogP contribution is 2.29. The van der Waals surface area contributed by atoms with E-state index in [1.54, 1.807) is 12.1 Å². The summed E-state index contributed by atoms with van der Waals surface area (Å²) < 4.78 is 40.1. The van der Waals surface area contributed by atoms with E-state index in [1.165, 1.54) is 36.1 Å². The van der Waals surface area contributed by atoms with Crippen molar-refractivity contribution in [3.63, 3.8) is 0 Å². The molecular weight excluding hydrogens is 391 g/mol. The van der Waals surface area contributed by atoms with Crippen LogP contribution in [0.2, 0.25) is 0 Å². The minimum Gasteiger partial charge on any atom is -0.372 e. The number of rotatable bonds is 4. The number of alkyl halides is 3. The summed E-state index contributed by atoms with van der Waals surface area (Å²) in [4.78, 5) is 14.6. The summed E-state index contributed by atoms with van der Waals surface area (Å²) in [5, 5.41) is 4.38. The van der Waals surface area contributed by atoms with Gasteiger partial charge in [0.05, 0.1) is 17.8 Å². The van der Waals surface area contributed by atoms with Crippen LogP contribution in [-0.4, -0.2) is 22.9 Å². The Labute approximate surface area is 172 Å². The number of halogens is 3. The van der Waals surface area contributed by atoms with E-state index in [1.807, 2.05) is 24.3 Å². The van der Waals surface area contributed by atoms with Crippen molar-refractivity contribution >= 4 is 5.69 Å². The number of hydrogen-bond acceptors (Lipinski definition) is 3. The van der Waals surface area contributed by atoms with Gasteiger partial charge in [-0.3, -0.25) is 4.79 Å². The van der Waals surface area contributed by atoms with Crippen LogP contribution in [0, 0.1) is 0 Å². The zero-order valence-electron chi connectivity index (χ0n) is 16.4. The van der Waals surface area contributed by atoms with Gasteiger partial charge in [0.2, 0.25) is 0 Å². The number of hydrogen-bond donors (Lipinski definition) is 0. The molecule has 1 fully saturated rings. The molecule has 2 heterocycles. The highest BCUT2D eigenvalue weighted by atomic mass is 19.4. The molecule has 7 heteroatoms. The average molecular weight is 413 g/mol. The maximum Gasteiger partial charge on any atom is 0.416 e. The van der Waals surface area contributed by atoms with Crippen molar-refractivity contribution < 1.29 is 13.2 Å². The molecule has 0 saturated carbocycles. The van der Waals surface area contributed by atoms with Crippen molar-refractivity contribution in [3.8, 4) is 11.3 Å². The quantitative estimate of drug-likeness (QED) is 0.606. The van der Waals surface area contributed by atoms with E-state index in [0.717, 1.165) is 36.5 Å². The Hall–Kier alpha value is -3.09. The summed E-state index contributed by atoms with van der Waals surface area (Å²) in [7, 11) is 0. The van der Waals surface area contributed by atoms with Crippen LogP contribution < -0.4 is 10.5 Å². The molecule has 0 atom stereocenters. The van der Waals surface area contributed by atoms with Gasteiger partial charge in [0.25, 0.3) is 5.56 Å². The Kier molecular flexibility index (Phi) is 5.61. The van der Waals surface area contributed by atoms with Gasteiger partial charge in [0.1, 0.15) is 0 Å². The molecule has 1 aromatic heterocycles. The predicted octanol–water partition coefficient (Wildman–Crippen LogP) is 4.97. The summed E-state index contributed by atoms with van der Waals surface area (Å²) in [5.41, 5.74) is 1.90. The second-order valence-electron chi connectivity index (χ2n) is 7.51. The van der Waals surface area contributed by atoms with Gasteiger partial charge in [-0.25, -0.2) is 4.68 Å². The molecule has 1 aliphatic rings. The fourth-order valence-corrected chi connectivity index (χ4v) is 3.73. The molecule has 0 unspecified atom stereocenters. The first-order valence-electron chi connectivity index (χ1n) is 10.00. The van der Waals surface area contributed by atoms with Crippen LogP contribution in [0.4, 0.5) is 18.9 Å². The molecule has 1 saturated heterocycles. The zero-order valence-corrected chi connectivity index (χ0v) is 16.4. The van der Waals surface area contributed by atoms with Gasteiger partial charge in [0, 0.05) is 30.4 Å². The normalized spacial score (nSPS) is 14.7. The average Bonchev–Trinajstić information content (AvgIpc) is 2.76. The predicted molar refractivity (Wildman–Crippen MR) is 111 cm³/mol. The lowest BCUT2D eigenvalue weighted by Crippen LogP contribution is -2.29. The largest absolute Gasteiger partial charge is 0.416 e. The van der Waals surface area contributed by atoms with Gasteiger partial charge in [-0.15, -0.1) is 0 Å². The van der Waals surface area contributed by atoms with Gasteiger partial charge in [-0.1, -0.05) is 24.3 Å². The lowest BCUT2D eigenvalue weighted by Gasteiger charge is -2.28. The number of aromatic nitrogens is 2. The molecule has 4 rings (SSSR count). The summed E-state index contributed by atoms with van der Waals surface area (Å²) in [6, 6.07) is 16.0. The molecule has 4 nitrogen and oxygen atoms in total. The van der Waals surface area contributed by atoms with Crippen molar-refractivity contribution in [2.45, 2.75) is 32.0 Å². The minimum atomic E-state index is -4.42. The van der Waals surface area contributed by atoms with Crippen LogP contribution in [0.3, 0.4) is 0 Å². The summed E-state index contributed by atoms with van der Waals surface area (Å²) in [5.74, 6) is 0. The third kappa shape index (κ3) is 4.56. The van der Waals surface area contributed by atoms with Gasteiger partial charge in [-0.2, -0.15) is 18.3 Å². The molecule has 30 heavy (non-hydrogen) atoms. The van der Waals surface area contributed by atoms with E-state index in [0.29, 0.717) is 11.3 Å². The highest BCUT2D eigenvalue weighted by molar-refractivity contribution is 5.62. The number of benzene rings is 2. The molecule has 0 N–H and O–H groups in total. The summed E-state index contributed by atoms with van der Waals surface area (Å²) >= 11 is 0. The fraction of sp³-hybridized carbons (Fsp3) is 0.304. The van der Waals surface area contributed by atoms with Crippen LogP contribution >= 0.6 is 0 Å². The van der Waals surface area contributed by atoms with Crippen molar-refractivity contribution in [3.05, 3.63) is 82.1 Å². The molecule has 3 aromatic rings. The lowest BCUT2D eigenvalue weighted by molar-refractivity contribution is -0.137. The maximum absolute atomic E-state index is 13.0. The van der Waals surface area contributed by atoms with Gasteiger partial charge < -0.3 is 4.90 Å². The molecule has 0 radical (unpaired) electrons. The Morgan fingerprint density at radius 1 is 0.900 bits per heavy atom. The van der Waals surface area contributed by atoms with E-state index in [4.69, 9.17) is 0 Å². The monoisotopic (exact) mass is 413 g/mol. The van der Waals surface area contributed by atoms with Crippen LogP contribution in [0.25, 0.3) is 11.3 Å².